The molecule has 1 aromatic carbocycles. The van der Waals surface area contributed by atoms with Crippen LogP contribution in [0.2, 0.25) is 0 Å². The second-order valence-corrected chi connectivity index (χ2v) is 5.74. The molecule has 2 N–H and O–H groups in total. The Balaban J connectivity index is 1.87. The fourth-order valence-corrected chi connectivity index (χ4v) is 2.51. The van der Waals surface area contributed by atoms with Gasteiger partial charge in [-0.3, -0.25) is 4.79 Å². The third-order valence-corrected chi connectivity index (χ3v) is 3.66. The van der Waals surface area contributed by atoms with Gasteiger partial charge in [0.1, 0.15) is 5.75 Å². The molecule has 0 fully saturated rings. The minimum Gasteiger partial charge on any atom is -0.482 e. The van der Waals surface area contributed by atoms with Crippen LogP contribution in [-0.4, -0.2) is 29.4 Å². The highest BCUT2D eigenvalue weighted by Gasteiger charge is 2.12. The minimum absolute atomic E-state index is 0.0253. The van der Waals surface area contributed by atoms with Crippen LogP contribution in [0, 0.1) is 6.92 Å². The molecule has 0 radical (unpaired) electrons. The molecular formula is C14H17N3O2S. The Kier molecular flexibility index (Phi) is 4.57. The van der Waals surface area contributed by atoms with Crippen LogP contribution in [0.4, 0.5) is 5.69 Å². The van der Waals surface area contributed by atoms with Crippen LogP contribution in [0.1, 0.15) is 9.88 Å². The zero-order chi connectivity index (χ0) is 14.5. The van der Waals surface area contributed by atoms with Crippen molar-refractivity contribution < 1.29 is 9.53 Å². The van der Waals surface area contributed by atoms with E-state index in [1.54, 1.807) is 41.6 Å². The summed E-state index contributed by atoms with van der Waals surface area (Å²) >= 11 is 1.58. The van der Waals surface area contributed by atoms with Crippen LogP contribution in [0.15, 0.2) is 30.5 Å². The Morgan fingerprint density at radius 1 is 1.45 bits per heavy atom. The Bertz CT molecular complexity index is 598. The molecule has 1 aromatic heterocycles. The number of benzene rings is 1. The lowest BCUT2D eigenvalue weighted by Crippen LogP contribution is -2.30. The van der Waals surface area contributed by atoms with Crippen molar-refractivity contribution in [3.8, 4) is 5.75 Å². The minimum atomic E-state index is -0.0979. The van der Waals surface area contributed by atoms with Crippen LogP contribution >= 0.6 is 11.3 Å². The molecule has 1 heterocycles. The molecule has 0 saturated carbocycles. The first-order chi connectivity index (χ1) is 9.56. The number of rotatable bonds is 5. The van der Waals surface area contributed by atoms with Crippen LogP contribution in [0.5, 0.6) is 5.75 Å². The standard InChI is InChI=1S/C14H17N3O2S/c1-10-16-7-11(20-10)8-17(2)14(18)9-19-13-6-4-3-5-12(13)15/h3-7H,8-9,15H2,1-2H3. The Labute approximate surface area is 122 Å². The molecular weight excluding hydrogens is 274 g/mol. The van der Waals surface area contributed by atoms with Gasteiger partial charge in [0.25, 0.3) is 5.91 Å². The lowest BCUT2D eigenvalue weighted by atomic mass is 10.3. The summed E-state index contributed by atoms with van der Waals surface area (Å²) in [7, 11) is 1.75. The summed E-state index contributed by atoms with van der Waals surface area (Å²) in [4.78, 5) is 18.8. The molecule has 0 saturated heterocycles. The van der Waals surface area contributed by atoms with Gasteiger partial charge in [-0.2, -0.15) is 0 Å². The number of nitrogens with two attached hydrogens (primary N) is 1. The van der Waals surface area contributed by atoms with Gasteiger partial charge in [0.05, 0.1) is 17.2 Å². The van der Waals surface area contributed by atoms with Gasteiger partial charge in [-0.15, -0.1) is 11.3 Å². The summed E-state index contributed by atoms with van der Waals surface area (Å²) in [6, 6.07) is 7.13. The van der Waals surface area contributed by atoms with Crippen LogP contribution in [-0.2, 0) is 11.3 Å². The number of para-hydroxylation sites is 2. The van der Waals surface area contributed by atoms with Gasteiger partial charge in [0.15, 0.2) is 6.61 Å². The summed E-state index contributed by atoms with van der Waals surface area (Å²) in [6.45, 7) is 2.46. The number of nitrogen functional groups attached to an aromatic ring is 1. The second-order valence-electron chi connectivity index (χ2n) is 4.42. The number of aromatic nitrogens is 1. The first kappa shape index (κ1) is 14.3. The molecule has 5 nitrogen and oxygen atoms in total. The zero-order valence-corrected chi connectivity index (χ0v) is 12.3. The van der Waals surface area contributed by atoms with E-state index >= 15 is 0 Å². The highest BCUT2D eigenvalue weighted by Crippen LogP contribution is 2.19. The van der Waals surface area contributed by atoms with Crippen LogP contribution in [0.3, 0.4) is 0 Å². The molecule has 0 unspecified atom stereocenters. The highest BCUT2D eigenvalue weighted by atomic mass is 32.1. The van der Waals surface area contributed by atoms with E-state index in [0.717, 1.165) is 9.88 Å². The zero-order valence-electron chi connectivity index (χ0n) is 11.5. The molecule has 0 spiro atoms. The van der Waals surface area contributed by atoms with Crippen molar-refractivity contribution in [2.45, 2.75) is 13.5 Å². The van der Waals surface area contributed by atoms with E-state index in [0.29, 0.717) is 18.0 Å². The average molecular weight is 291 g/mol. The first-order valence-electron chi connectivity index (χ1n) is 6.19. The summed E-state index contributed by atoms with van der Waals surface area (Å²) < 4.78 is 5.43. The molecule has 0 bridgehead atoms. The number of amides is 1. The maximum Gasteiger partial charge on any atom is 0.260 e. The Morgan fingerprint density at radius 2 is 2.20 bits per heavy atom. The molecule has 2 rings (SSSR count). The SMILES string of the molecule is Cc1ncc(CN(C)C(=O)COc2ccccc2N)s1. The third kappa shape index (κ3) is 3.71. The number of ether oxygens (including phenoxy) is 1. The predicted octanol–water partition coefficient (Wildman–Crippen LogP) is 2.07. The number of hydrogen-bond donors (Lipinski definition) is 1. The smallest absolute Gasteiger partial charge is 0.260 e. The topological polar surface area (TPSA) is 68.5 Å². The molecule has 2 aromatic rings. The Morgan fingerprint density at radius 3 is 2.85 bits per heavy atom. The number of carbonyl (C=O) groups excluding carboxylic acids is 1. The maximum absolute atomic E-state index is 12.0. The van der Waals surface area contributed by atoms with E-state index in [9.17, 15) is 4.79 Å². The molecule has 0 aliphatic rings. The largest absolute Gasteiger partial charge is 0.482 e. The normalized spacial score (nSPS) is 10.3. The van der Waals surface area contributed by atoms with E-state index in [1.807, 2.05) is 19.1 Å². The molecule has 0 aliphatic carbocycles. The number of anilines is 1. The van der Waals surface area contributed by atoms with E-state index < -0.39 is 0 Å². The van der Waals surface area contributed by atoms with Crippen LogP contribution in [0.25, 0.3) is 0 Å². The van der Waals surface area contributed by atoms with Gasteiger partial charge >= 0.3 is 0 Å². The number of thiazole rings is 1. The predicted molar refractivity (Wildman–Crippen MR) is 79.7 cm³/mol. The van der Waals surface area contributed by atoms with Crippen molar-refractivity contribution in [3.05, 3.63) is 40.3 Å². The van der Waals surface area contributed by atoms with Gasteiger partial charge in [-0.05, 0) is 19.1 Å². The number of nitrogens with zero attached hydrogens (tertiary/aromatic N) is 2. The molecule has 6 heteroatoms. The fourth-order valence-electron chi connectivity index (χ4n) is 1.66. The van der Waals surface area contributed by atoms with E-state index in [4.69, 9.17) is 10.5 Å². The van der Waals surface area contributed by atoms with Gasteiger partial charge in [-0.1, -0.05) is 12.1 Å². The van der Waals surface area contributed by atoms with Gasteiger partial charge < -0.3 is 15.4 Å². The van der Waals surface area contributed by atoms with Crippen LogP contribution < -0.4 is 10.5 Å². The summed E-state index contributed by atoms with van der Waals surface area (Å²) in [5.74, 6) is 0.433. The Hall–Kier alpha value is -2.08. The van der Waals surface area contributed by atoms with E-state index in [-0.39, 0.29) is 12.5 Å². The highest BCUT2D eigenvalue weighted by molar-refractivity contribution is 7.11. The number of hydrogen-bond acceptors (Lipinski definition) is 5. The lowest BCUT2D eigenvalue weighted by molar-refractivity contribution is -0.132. The van der Waals surface area contributed by atoms with Crippen molar-refractivity contribution >= 4 is 22.9 Å². The molecule has 0 atom stereocenters. The monoisotopic (exact) mass is 291 g/mol. The van der Waals surface area contributed by atoms with Crippen molar-refractivity contribution in [1.29, 1.82) is 0 Å². The second kappa shape index (κ2) is 6.38. The third-order valence-electron chi connectivity index (χ3n) is 2.76. The van der Waals surface area contributed by atoms with Crippen molar-refractivity contribution in [2.75, 3.05) is 19.4 Å². The van der Waals surface area contributed by atoms with Crippen molar-refractivity contribution in [1.82, 2.24) is 9.88 Å². The maximum atomic E-state index is 12.0. The van der Waals surface area contributed by atoms with Crippen molar-refractivity contribution in [3.63, 3.8) is 0 Å². The molecule has 106 valence electrons. The molecule has 20 heavy (non-hydrogen) atoms. The lowest BCUT2D eigenvalue weighted by Gasteiger charge is -2.16. The quantitative estimate of drug-likeness (QED) is 0.856. The van der Waals surface area contributed by atoms with E-state index in [1.165, 1.54) is 0 Å². The summed E-state index contributed by atoms with van der Waals surface area (Å²) in [5.41, 5.74) is 6.28. The molecule has 0 aliphatic heterocycles. The average Bonchev–Trinajstić information content (AvgIpc) is 2.82. The van der Waals surface area contributed by atoms with Crippen molar-refractivity contribution in [2.24, 2.45) is 0 Å². The number of likely N-dealkylation sites (N-methyl/N-ethyl adjacent to an activating group) is 1. The fraction of sp³-hybridized carbons (Fsp3) is 0.286. The van der Waals surface area contributed by atoms with Gasteiger partial charge in [0.2, 0.25) is 0 Å². The van der Waals surface area contributed by atoms with Gasteiger partial charge in [-0.25, -0.2) is 4.98 Å². The first-order valence-corrected chi connectivity index (χ1v) is 7.00. The molecule has 1 amide bonds. The summed E-state index contributed by atoms with van der Waals surface area (Å²) in [5, 5.41) is 0.995. The number of aryl methyl sites for hydroxylation is 1. The van der Waals surface area contributed by atoms with E-state index in [2.05, 4.69) is 4.98 Å². The summed E-state index contributed by atoms with van der Waals surface area (Å²) in [6.07, 6.45) is 1.79. The van der Waals surface area contributed by atoms with Gasteiger partial charge in [0, 0.05) is 18.1 Å². The number of carbonyl (C=O) groups is 1.